The molecule has 0 bridgehead atoms. The minimum Gasteiger partial charge on any atom is -0.299 e. The number of carbonyl (C=O) groups excluding carboxylic acids is 1. The first-order chi connectivity index (χ1) is 11.7. The summed E-state index contributed by atoms with van der Waals surface area (Å²) in [5.74, 6) is 1.05. The molecule has 24 heavy (non-hydrogen) atoms. The number of hydrogen-bond donors (Lipinski definition) is 0. The van der Waals surface area contributed by atoms with Gasteiger partial charge in [0.2, 0.25) is 0 Å². The molecule has 0 amide bonds. The molecule has 3 rings (SSSR count). The van der Waals surface area contributed by atoms with Gasteiger partial charge < -0.3 is 0 Å². The maximum absolute atomic E-state index is 13.4. The standard InChI is InChI=1S/C21H26F2O/c22-20-12-11-19(14-21(20)23)18-9-7-17(8-10-18)16-5-3-15(4-6-16)2-1-13-24/h1-2,11-18H,3-10H2. The molecule has 2 saturated carbocycles. The molecule has 130 valence electrons. The summed E-state index contributed by atoms with van der Waals surface area (Å²) < 4.78 is 26.5. The molecule has 0 heterocycles. The Hall–Kier alpha value is -1.51. The van der Waals surface area contributed by atoms with E-state index in [1.54, 1.807) is 12.1 Å². The van der Waals surface area contributed by atoms with E-state index >= 15 is 0 Å². The topological polar surface area (TPSA) is 17.1 Å². The fourth-order valence-corrected chi connectivity index (χ4v) is 4.70. The molecule has 1 aromatic rings. The molecular formula is C21H26F2O. The van der Waals surface area contributed by atoms with Crippen molar-refractivity contribution in [2.75, 3.05) is 0 Å². The number of hydrogen-bond acceptors (Lipinski definition) is 1. The maximum atomic E-state index is 13.4. The first kappa shape index (κ1) is 17.3. The second-order valence-corrected chi connectivity index (χ2v) is 7.48. The van der Waals surface area contributed by atoms with Gasteiger partial charge in [0.1, 0.15) is 6.29 Å². The molecule has 0 unspecified atom stereocenters. The van der Waals surface area contributed by atoms with Crippen LogP contribution in [0.25, 0.3) is 0 Å². The summed E-state index contributed by atoms with van der Waals surface area (Å²) in [5.41, 5.74) is 0.954. The molecule has 0 aliphatic heterocycles. The van der Waals surface area contributed by atoms with E-state index in [4.69, 9.17) is 0 Å². The van der Waals surface area contributed by atoms with E-state index in [0.717, 1.165) is 36.5 Å². The van der Waals surface area contributed by atoms with Crippen LogP contribution in [0.3, 0.4) is 0 Å². The third kappa shape index (κ3) is 4.12. The molecule has 0 aromatic heterocycles. The highest BCUT2D eigenvalue weighted by atomic mass is 19.2. The molecule has 1 nitrogen and oxygen atoms in total. The van der Waals surface area contributed by atoms with E-state index in [-0.39, 0.29) is 0 Å². The Kier molecular flexibility index (Phi) is 5.80. The van der Waals surface area contributed by atoms with Crippen LogP contribution in [0.2, 0.25) is 0 Å². The van der Waals surface area contributed by atoms with Gasteiger partial charge in [0, 0.05) is 0 Å². The fourth-order valence-electron chi connectivity index (χ4n) is 4.70. The quantitative estimate of drug-likeness (QED) is 0.503. The fraction of sp³-hybridized carbons (Fsp3) is 0.571. The predicted molar refractivity (Wildman–Crippen MR) is 91.7 cm³/mol. The zero-order valence-corrected chi connectivity index (χ0v) is 14.1. The molecule has 0 atom stereocenters. The van der Waals surface area contributed by atoms with Gasteiger partial charge in [0.05, 0.1) is 0 Å². The van der Waals surface area contributed by atoms with E-state index < -0.39 is 11.6 Å². The zero-order chi connectivity index (χ0) is 16.9. The molecule has 1 aromatic carbocycles. The zero-order valence-electron chi connectivity index (χ0n) is 14.1. The highest BCUT2D eigenvalue weighted by Crippen LogP contribution is 2.44. The van der Waals surface area contributed by atoms with Gasteiger partial charge in [-0.25, -0.2) is 8.78 Å². The SMILES string of the molecule is O=CC=CC1CCC(C2CCC(c3ccc(F)c(F)c3)CC2)CC1. The van der Waals surface area contributed by atoms with Crippen LogP contribution in [0.1, 0.15) is 62.8 Å². The number of carbonyl (C=O) groups is 1. The lowest BCUT2D eigenvalue weighted by molar-refractivity contribution is -0.104. The number of halogens is 2. The summed E-state index contributed by atoms with van der Waals surface area (Å²) in [6.07, 6.45) is 14.0. The van der Waals surface area contributed by atoms with E-state index in [2.05, 4.69) is 6.08 Å². The van der Waals surface area contributed by atoms with Crippen LogP contribution < -0.4 is 0 Å². The number of rotatable bonds is 4. The van der Waals surface area contributed by atoms with Crippen molar-refractivity contribution in [2.24, 2.45) is 17.8 Å². The minimum absolute atomic E-state index is 0.378. The van der Waals surface area contributed by atoms with Crippen molar-refractivity contribution in [2.45, 2.75) is 57.3 Å². The molecule has 3 heteroatoms. The molecule has 2 fully saturated rings. The van der Waals surface area contributed by atoms with Gasteiger partial charge in [-0.1, -0.05) is 12.1 Å². The summed E-state index contributed by atoms with van der Waals surface area (Å²) in [7, 11) is 0. The molecule has 2 aliphatic carbocycles. The Bertz CT molecular complexity index is 580. The Balaban J connectivity index is 1.49. The van der Waals surface area contributed by atoms with Gasteiger partial charge >= 0.3 is 0 Å². The summed E-state index contributed by atoms with van der Waals surface area (Å²) in [4.78, 5) is 10.4. The third-order valence-corrected chi connectivity index (χ3v) is 6.13. The average Bonchev–Trinajstić information content (AvgIpc) is 2.63. The van der Waals surface area contributed by atoms with E-state index in [1.807, 2.05) is 0 Å². The van der Waals surface area contributed by atoms with Crippen LogP contribution in [0.5, 0.6) is 0 Å². The van der Waals surface area contributed by atoms with Crippen LogP contribution in [0.15, 0.2) is 30.4 Å². The summed E-state index contributed by atoms with van der Waals surface area (Å²) >= 11 is 0. The Labute approximate surface area is 143 Å². The monoisotopic (exact) mass is 332 g/mol. The van der Waals surface area contributed by atoms with E-state index in [9.17, 15) is 13.6 Å². The van der Waals surface area contributed by atoms with E-state index in [1.165, 1.54) is 50.7 Å². The molecule has 0 spiro atoms. The highest BCUT2D eigenvalue weighted by Gasteiger charge is 2.30. The highest BCUT2D eigenvalue weighted by molar-refractivity contribution is 5.64. The summed E-state index contributed by atoms with van der Waals surface area (Å²) in [5, 5.41) is 0. The van der Waals surface area contributed by atoms with Crippen molar-refractivity contribution in [1.82, 2.24) is 0 Å². The average molecular weight is 332 g/mol. The maximum Gasteiger partial charge on any atom is 0.159 e. The number of aldehydes is 1. The van der Waals surface area contributed by atoms with Gasteiger partial charge in [0.25, 0.3) is 0 Å². The molecular weight excluding hydrogens is 306 g/mol. The van der Waals surface area contributed by atoms with Crippen LogP contribution >= 0.6 is 0 Å². The summed E-state index contributed by atoms with van der Waals surface area (Å²) in [6, 6.07) is 4.38. The Morgan fingerprint density at radius 1 is 0.833 bits per heavy atom. The Morgan fingerprint density at radius 3 is 2.04 bits per heavy atom. The largest absolute Gasteiger partial charge is 0.299 e. The van der Waals surface area contributed by atoms with E-state index in [0.29, 0.717) is 11.8 Å². The van der Waals surface area contributed by atoms with Gasteiger partial charge in [-0.3, -0.25) is 4.79 Å². The third-order valence-electron chi connectivity index (χ3n) is 6.13. The normalized spacial score (nSPS) is 31.2. The van der Waals surface area contributed by atoms with Gasteiger partial charge in [-0.05, 0) is 98.8 Å². The van der Waals surface area contributed by atoms with Crippen molar-refractivity contribution in [1.29, 1.82) is 0 Å². The van der Waals surface area contributed by atoms with Crippen molar-refractivity contribution in [3.63, 3.8) is 0 Å². The molecule has 0 radical (unpaired) electrons. The first-order valence-corrected chi connectivity index (χ1v) is 9.24. The van der Waals surface area contributed by atoms with Crippen molar-refractivity contribution in [3.8, 4) is 0 Å². The Morgan fingerprint density at radius 2 is 1.46 bits per heavy atom. The van der Waals surface area contributed by atoms with Crippen molar-refractivity contribution in [3.05, 3.63) is 47.5 Å². The lowest BCUT2D eigenvalue weighted by Crippen LogP contribution is -2.25. The smallest absolute Gasteiger partial charge is 0.159 e. The number of benzene rings is 1. The first-order valence-electron chi connectivity index (χ1n) is 9.24. The summed E-state index contributed by atoms with van der Waals surface area (Å²) in [6.45, 7) is 0. The van der Waals surface area contributed by atoms with Crippen molar-refractivity contribution >= 4 is 6.29 Å². The minimum atomic E-state index is -0.757. The van der Waals surface area contributed by atoms with Gasteiger partial charge in [-0.15, -0.1) is 0 Å². The lowest BCUT2D eigenvalue weighted by atomic mass is 9.68. The molecule has 2 aliphatic rings. The van der Waals surface area contributed by atoms with Crippen LogP contribution in [0.4, 0.5) is 8.78 Å². The van der Waals surface area contributed by atoms with Crippen LogP contribution in [-0.2, 0) is 4.79 Å². The molecule has 0 N–H and O–H groups in total. The lowest BCUT2D eigenvalue weighted by Gasteiger charge is -2.37. The van der Waals surface area contributed by atoms with Crippen LogP contribution in [0, 0.1) is 29.4 Å². The van der Waals surface area contributed by atoms with Crippen LogP contribution in [-0.4, -0.2) is 6.29 Å². The number of allylic oxidation sites excluding steroid dienone is 2. The second-order valence-electron chi connectivity index (χ2n) is 7.48. The van der Waals surface area contributed by atoms with Crippen molar-refractivity contribution < 1.29 is 13.6 Å². The molecule has 0 saturated heterocycles. The second kappa shape index (κ2) is 8.04. The predicted octanol–water partition coefficient (Wildman–Crippen LogP) is 5.80. The van der Waals surface area contributed by atoms with Gasteiger partial charge in [-0.2, -0.15) is 0 Å². The van der Waals surface area contributed by atoms with Gasteiger partial charge in [0.15, 0.2) is 11.6 Å².